The third kappa shape index (κ3) is 1.75. The maximum absolute atomic E-state index is 7.02. The van der Waals surface area contributed by atoms with Gasteiger partial charge in [-0.1, -0.05) is 0 Å². The molecule has 0 bridgehead atoms. The molecular weight excluding hydrogens is 188 g/mol. The van der Waals surface area contributed by atoms with Crippen molar-refractivity contribution < 1.29 is 4.74 Å². The zero-order chi connectivity index (χ0) is 10.8. The lowest BCUT2D eigenvalue weighted by Crippen LogP contribution is -2.28. The fraction of sp³-hybridized carbons (Fsp3) is 0.417. The minimum atomic E-state index is -0.0781. The SMILES string of the molecule is [C-]#[N+]C(C)c1ccc2c(c1)N(C)CCO2. The van der Waals surface area contributed by atoms with E-state index in [9.17, 15) is 0 Å². The number of ether oxygens (including phenoxy) is 1. The van der Waals surface area contributed by atoms with E-state index in [0.29, 0.717) is 0 Å². The summed E-state index contributed by atoms with van der Waals surface area (Å²) in [5.41, 5.74) is 2.15. The van der Waals surface area contributed by atoms with Crippen molar-refractivity contribution >= 4 is 5.69 Å². The van der Waals surface area contributed by atoms with Gasteiger partial charge in [-0.2, -0.15) is 0 Å². The van der Waals surface area contributed by atoms with Crippen molar-refractivity contribution in [2.45, 2.75) is 13.0 Å². The standard InChI is InChI=1S/C12H14N2O/c1-9(13-2)10-4-5-12-11(8-10)14(3)6-7-15-12/h4-5,8-9H,6-7H2,1,3H3. The average Bonchev–Trinajstić information content (AvgIpc) is 2.28. The molecule has 3 nitrogen and oxygen atoms in total. The summed E-state index contributed by atoms with van der Waals surface area (Å²) < 4.78 is 5.54. The highest BCUT2D eigenvalue weighted by molar-refractivity contribution is 5.61. The van der Waals surface area contributed by atoms with Gasteiger partial charge in [-0.25, -0.2) is 6.57 Å². The van der Waals surface area contributed by atoms with E-state index in [-0.39, 0.29) is 6.04 Å². The molecule has 1 unspecified atom stereocenters. The van der Waals surface area contributed by atoms with Crippen molar-refractivity contribution in [3.8, 4) is 5.75 Å². The molecule has 0 aromatic heterocycles. The van der Waals surface area contributed by atoms with Gasteiger partial charge in [-0.05, 0) is 18.2 Å². The minimum absolute atomic E-state index is 0.0781. The second kappa shape index (κ2) is 3.82. The monoisotopic (exact) mass is 202 g/mol. The fourth-order valence-corrected chi connectivity index (χ4v) is 1.70. The summed E-state index contributed by atoms with van der Waals surface area (Å²) in [5, 5.41) is 0. The van der Waals surface area contributed by atoms with Crippen LogP contribution in [-0.4, -0.2) is 20.2 Å². The second-order valence-electron chi connectivity index (χ2n) is 3.80. The summed E-state index contributed by atoms with van der Waals surface area (Å²) >= 11 is 0. The van der Waals surface area contributed by atoms with E-state index in [1.54, 1.807) is 0 Å². The number of likely N-dealkylation sites (N-methyl/N-ethyl adjacent to an activating group) is 1. The molecule has 1 aliphatic rings. The molecule has 1 atom stereocenters. The molecule has 0 aliphatic carbocycles. The van der Waals surface area contributed by atoms with Crippen molar-refractivity contribution in [3.63, 3.8) is 0 Å². The zero-order valence-electron chi connectivity index (χ0n) is 9.03. The number of hydrogen-bond donors (Lipinski definition) is 0. The summed E-state index contributed by atoms with van der Waals surface area (Å²) in [6.07, 6.45) is 0. The van der Waals surface area contributed by atoms with Crippen LogP contribution in [0.5, 0.6) is 5.75 Å². The topological polar surface area (TPSA) is 16.8 Å². The summed E-state index contributed by atoms with van der Waals surface area (Å²) in [4.78, 5) is 5.69. The van der Waals surface area contributed by atoms with Crippen LogP contribution in [0.1, 0.15) is 18.5 Å². The smallest absolute Gasteiger partial charge is 0.246 e. The molecule has 0 amide bonds. The fourth-order valence-electron chi connectivity index (χ4n) is 1.70. The normalized spacial score (nSPS) is 16.2. The van der Waals surface area contributed by atoms with E-state index in [2.05, 4.69) is 15.8 Å². The van der Waals surface area contributed by atoms with Crippen LogP contribution in [0.4, 0.5) is 5.69 Å². The van der Waals surface area contributed by atoms with E-state index in [1.165, 1.54) is 0 Å². The van der Waals surface area contributed by atoms with Crippen LogP contribution >= 0.6 is 0 Å². The summed E-state index contributed by atoms with van der Waals surface area (Å²) in [6, 6.07) is 5.91. The van der Waals surface area contributed by atoms with Gasteiger partial charge in [-0.15, -0.1) is 0 Å². The van der Waals surface area contributed by atoms with Gasteiger partial charge < -0.3 is 14.5 Å². The molecule has 1 aromatic carbocycles. The van der Waals surface area contributed by atoms with E-state index in [0.717, 1.165) is 30.2 Å². The van der Waals surface area contributed by atoms with E-state index in [4.69, 9.17) is 11.3 Å². The van der Waals surface area contributed by atoms with Gasteiger partial charge >= 0.3 is 0 Å². The Bertz CT molecular complexity index is 409. The molecule has 15 heavy (non-hydrogen) atoms. The van der Waals surface area contributed by atoms with Crippen LogP contribution in [0.25, 0.3) is 4.85 Å². The van der Waals surface area contributed by atoms with Crippen LogP contribution < -0.4 is 9.64 Å². The van der Waals surface area contributed by atoms with Crippen molar-refractivity contribution in [1.82, 2.24) is 0 Å². The number of fused-ring (bicyclic) bond motifs is 1. The van der Waals surface area contributed by atoms with Crippen molar-refractivity contribution in [2.24, 2.45) is 0 Å². The Labute approximate surface area is 90.1 Å². The van der Waals surface area contributed by atoms with Gasteiger partial charge in [0.15, 0.2) is 0 Å². The lowest BCUT2D eigenvalue weighted by atomic mass is 10.1. The molecule has 0 saturated carbocycles. The molecule has 2 rings (SSSR count). The Morgan fingerprint density at radius 3 is 3.07 bits per heavy atom. The number of benzene rings is 1. The van der Waals surface area contributed by atoms with Gasteiger partial charge in [-0.3, -0.25) is 0 Å². The van der Waals surface area contributed by atoms with Gasteiger partial charge in [0.2, 0.25) is 6.04 Å². The first-order valence-corrected chi connectivity index (χ1v) is 5.07. The second-order valence-corrected chi connectivity index (χ2v) is 3.80. The third-order valence-electron chi connectivity index (χ3n) is 2.75. The van der Waals surface area contributed by atoms with Gasteiger partial charge in [0.25, 0.3) is 0 Å². The highest BCUT2D eigenvalue weighted by Gasteiger charge is 2.18. The molecule has 0 N–H and O–H groups in total. The molecule has 1 heterocycles. The lowest BCUT2D eigenvalue weighted by molar-refractivity contribution is 0.311. The first-order valence-electron chi connectivity index (χ1n) is 5.07. The van der Waals surface area contributed by atoms with Crippen LogP contribution in [0.15, 0.2) is 18.2 Å². The minimum Gasteiger partial charge on any atom is -0.490 e. The molecular formula is C12H14N2O. The number of rotatable bonds is 1. The maximum Gasteiger partial charge on any atom is 0.246 e. The Morgan fingerprint density at radius 2 is 2.33 bits per heavy atom. The Kier molecular flexibility index (Phi) is 2.51. The maximum atomic E-state index is 7.02. The van der Waals surface area contributed by atoms with Crippen molar-refractivity contribution in [2.75, 3.05) is 25.1 Å². The first kappa shape index (κ1) is 9.85. The van der Waals surface area contributed by atoms with Crippen LogP contribution in [0.2, 0.25) is 0 Å². The Balaban J connectivity index is 2.40. The first-order chi connectivity index (χ1) is 7.22. The number of hydrogen-bond acceptors (Lipinski definition) is 2. The summed E-state index contributed by atoms with van der Waals surface area (Å²) in [7, 11) is 2.05. The highest BCUT2D eigenvalue weighted by atomic mass is 16.5. The van der Waals surface area contributed by atoms with E-state index in [1.807, 2.05) is 26.1 Å². The zero-order valence-corrected chi connectivity index (χ0v) is 9.03. The molecule has 0 saturated heterocycles. The molecule has 1 aliphatic heterocycles. The van der Waals surface area contributed by atoms with Crippen molar-refractivity contribution in [1.29, 1.82) is 0 Å². The van der Waals surface area contributed by atoms with Crippen LogP contribution in [0, 0.1) is 6.57 Å². The van der Waals surface area contributed by atoms with Crippen molar-refractivity contribution in [3.05, 3.63) is 35.2 Å². The lowest BCUT2D eigenvalue weighted by Gasteiger charge is -2.27. The molecule has 1 aromatic rings. The predicted octanol–water partition coefficient (Wildman–Crippen LogP) is 2.50. The Morgan fingerprint density at radius 1 is 1.53 bits per heavy atom. The van der Waals surface area contributed by atoms with Gasteiger partial charge in [0, 0.05) is 19.5 Å². The average molecular weight is 202 g/mol. The molecule has 78 valence electrons. The van der Waals surface area contributed by atoms with E-state index < -0.39 is 0 Å². The quantitative estimate of drug-likeness (QED) is 0.651. The highest BCUT2D eigenvalue weighted by Crippen LogP contribution is 2.33. The molecule has 0 spiro atoms. The van der Waals surface area contributed by atoms with E-state index >= 15 is 0 Å². The van der Waals surface area contributed by atoms with Gasteiger partial charge in [0.05, 0.1) is 12.2 Å². The van der Waals surface area contributed by atoms with Crippen LogP contribution in [0.3, 0.4) is 0 Å². The Hall–Kier alpha value is -1.69. The predicted molar refractivity (Wildman–Crippen MR) is 60.2 cm³/mol. The molecule has 0 fully saturated rings. The number of anilines is 1. The van der Waals surface area contributed by atoms with Gasteiger partial charge in [0.1, 0.15) is 12.4 Å². The molecule has 0 radical (unpaired) electrons. The largest absolute Gasteiger partial charge is 0.490 e. The third-order valence-corrected chi connectivity index (χ3v) is 2.75. The molecule has 3 heteroatoms. The summed E-state index contributed by atoms with van der Waals surface area (Å²) in [6.45, 7) is 10.6. The number of nitrogens with zero attached hydrogens (tertiary/aromatic N) is 2. The van der Waals surface area contributed by atoms with Crippen LogP contribution in [-0.2, 0) is 0 Å². The summed E-state index contributed by atoms with van der Waals surface area (Å²) in [5.74, 6) is 0.921.